The summed E-state index contributed by atoms with van der Waals surface area (Å²) in [6.45, 7) is 3.48. The Morgan fingerprint density at radius 3 is 2.81 bits per heavy atom. The van der Waals surface area contributed by atoms with Crippen molar-refractivity contribution in [3.8, 4) is 0 Å². The molecular formula is C8H13N3O2S3. The van der Waals surface area contributed by atoms with E-state index in [0.717, 1.165) is 5.01 Å². The molecule has 3 N–H and O–H groups in total. The van der Waals surface area contributed by atoms with Crippen molar-refractivity contribution >= 4 is 38.6 Å². The number of hydrogen-bond acceptors (Lipinski definition) is 5. The lowest BCUT2D eigenvalue weighted by Gasteiger charge is -2.11. The van der Waals surface area contributed by atoms with E-state index in [-0.39, 0.29) is 11.5 Å². The van der Waals surface area contributed by atoms with Crippen LogP contribution in [0.4, 0.5) is 0 Å². The minimum absolute atomic E-state index is 0.0399. The number of nitrogens with two attached hydrogens (primary N) is 1. The number of aromatic nitrogens is 1. The lowest BCUT2D eigenvalue weighted by Crippen LogP contribution is -2.39. The fourth-order valence-electron chi connectivity index (χ4n) is 0.942. The van der Waals surface area contributed by atoms with Crippen LogP contribution in [-0.2, 0) is 16.6 Å². The monoisotopic (exact) mass is 279 g/mol. The Hall–Kier alpha value is -0.570. The van der Waals surface area contributed by atoms with Gasteiger partial charge in [-0.15, -0.1) is 11.3 Å². The Bertz CT molecular complexity index is 480. The standard InChI is InChI=1S/C8H13N3O2S3/c1-5(8(9)14)16(12,13)10-3-7-4-15-6(2)11-7/h4-5,10H,3H2,1-2H3,(H2,9,14). The van der Waals surface area contributed by atoms with Crippen LogP contribution in [0.1, 0.15) is 17.6 Å². The molecule has 1 atom stereocenters. The smallest absolute Gasteiger partial charge is 0.221 e. The van der Waals surface area contributed by atoms with E-state index < -0.39 is 15.3 Å². The number of thiazole rings is 1. The van der Waals surface area contributed by atoms with Gasteiger partial charge in [0.05, 0.1) is 22.2 Å². The largest absolute Gasteiger partial charge is 0.392 e. The predicted molar refractivity (Wildman–Crippen MR) is 68.9 cm³/mol. The molecule has 0 aromatic carbocycles. The first-order valence-electron chi connectivity index (χ1n) is 4.51. The third kappa shape index (κ3) is 3.48. The molecule has 0 spiro atoms. The van der Waals surface area contributed by atoms with Gasteiger partial charge in [0.25, 0.3) is 0 Å². The van der Waals surface area contributed by atoms with Crippen molar-refractivity contribution in [3.05, 3.63) is 16.1 Å². The van der Waals surface area contributed by atoms with Gasteiger partial charge in [0.2, 0.25) is 10.0 Å². The second-order valence-corrected chi connectivity index (χ2v) is 6.89. The van der Waals surface area contributed by atoms with E-state index >= 15 is 0 Å². The third-order valence-corrected chi connectivity index (χ3v) is 5.04. The summed E-state index contributed by atoms with van der Waals surface area (Å²) in [5.41, 5.74) is 5.99. The molecule has 0 aliphatic carbocycles. The van der Waals surface area contributed by atoms with E-state index in [0.29, 0.717) is 5.69 Å². The zero-order chi connectivity index (χ0) is 12.3. The topological polar surface area (TPSA) is 85.1 Å². The quantitative estimate of drug-likeness (QED) is 0.769. The lowest BCUT2D eigenvalue weighted by molar-refractivity contribution is 0.577. The summed E-state index contributed by atoms with van der Waals surface area (Å²) in [5.74, 6) is 0. The van der Waals surface area contributed by atoms with Gasteiger partial charge in [-0.25, -0.2) is 18.1 Å². The number of hydrogen-bond donors (Lipinski definition) is 2. The molecule has 0 fully saturated rings. The Morgan fingerprint density at radius 2 is 2.38 bits per heavy atom. The van der Waals surface area contributed by atoms with Crippen LogP contribution >= 0.6 is 23.6 Å². The Balaban J connectivity index is 2.65. The summed E-state index contributed by atoms with van der Waals surface area (Å²) >= 11 is 6.12. The second-order valence-electron chi connectivity index (χ2n) is 3.27. The van der Waals surface area contributed by atoms with Gasteiger partial charge in [-0.3, -0.25) is 0 Å². The van der Waals surface area contributed by atoms with E-state index in [1.807, 2.05) is 12.3 Å². The normalized spacial score (nSPS) is 13.6. The summed E-state index contributed by atoms with van der Waals surface area (Å²) in [4.78, 5) is 4.11. The lowest BCUT2D eigenvalue weighted by atomic mass is 10.5. The van der Waals surface area contributed by atoms with Crippen LogP contribution < -0.4 is 10.5 Å². The highest BCUT2D eigenvalue weighted by Gasteiger charge is 2.22. The van der Waals surface area contributed by atoms with Gasteiger partial charge in [-0.1, -0.05) is 12.2 Å². The van der Waals surface area contributed by atoms with Crippen molar-refractivity contribution < 1.29 is 8.42 Å². The van der Waals surface area contributed by atoms with Crippen LogP contribution in [-0.4, -0.2) is 23.6 Å². The summed E-state index contributed by atoms with van der Waals surface area (Å²) in [7, 11) is -3.50. The summed E-state index contributed by atoms with van der Waals surface area (Å²) in [6, 6.07) is 0. The highest BCUT2D eigenvalue weighted by Crippen LogP contribution is 2.08. The molecule has 0 amide bonds. The zero-order valence-electron chi connectivity index (χ0n) is 8.93. The van der Waals surface area contributed by atoms with Crippen LogP contribution in [0.25, 0.3) is 0 Å². The van der Waals surface area contributed by atoms with Crippen molar-refractivity contribution in [2.24, 2.45) is 5.73 Å². The fourth-order valence-corrected chi connectivity index (χ4v) is 2.84. The van der Waals surface area contributed by atoms with Crippen molar-refractivity contribution in [1.82, 2.24) is 9.71 Å². The van der Waals surface area contributed by atoms with Gasteiger partial charge >= 0.3 is 0 Å². The van der Waals surface area contributed by atoms with E-state index in [1.54, 1.807) is 0 Å². The van der Waals surface area contributed by atoms with Gasteiger partial charge in [0.15, 0.2) is 0 Å². The van der Waals surface area contributed by atoms with Crippen molar-refractivity contribution in [1.29, 1.82) is 0 Å². The first kappa shape index (κ1) is 13.5. The molecule has 5 nitrogen and oxygen atoms in total. The number of thiocarbonyl (C=S) groups is 1. The van der Waals surface area contributed by atoms with Crippen LogP contribution in [0, 0.1) is 6.92 Å². The highest BCUT2D eigenvalue weighted by atomic mass is 32.2. The fraction of sp³-hybridized carbons (Fsp3) is 0.500. The Kier molecular flexibility index (Phi) is 4.36. The molecule has 1 unspecified atom stereocenters. The van der Waals surface area contributed by atoms with Crippen LogP contribution in [0.15, 0.2) is 5.38 Å². The molecule has 1 rings (SSSR count). The van der Waals surface area contributed by atoms with E-state index in [2.05, 4.69) is 21.9 Å². The highest BCUT2D eigenvalue weighted by molar-refractivity contribution is 7.93. The first-order valence-corrected chi connectivity index (χ1v) is 7.35. The molecule has 1 aromatic heterocycles. The van der Waals surface area contributed by atoms with Gasteiger partial charge in [-0.2, -0.15) is 0 Å². The van der Waals surface area contributed by atoms with Gasteiger partial charge in [-0.05, 0) is 13.8 Å². The number of rotatable bonds is 5. The molecule has 0 aliphatic heterocycles. The first-order chi connectivity index (χ1) is 7.33. The molecule has 0 radical (unpaired) electrons. The number of nitrogens with zero attached hydrogens (tertiary/aromatic N) is 1. The van der Waals surface area contributed by atoms with Crippen LogP contribution in [0.2, 0.25) is 0 Å². The molecule has 16 heavy (non-hydrogen) atoms. The molecular weight excluding hydrogens is 266 g/mol. The van der Waals surface area contributed by atoms with E-state index in [9.17, 15) is 8.42 Å². The molecule has 90 valence electrons. The van der Waals surface area contributed by atoms with E-state index in [1.165, 1.54) is 18.3 Å². The summed E-state index contributed by atoms with van der Waals surface area (Å²) in [5, 5.41) is 1.84. The molecule has 8 heteroatoms. The minimum atomic E-state index is -3.50. The Morgan fingerprint density at radius 1 is 1.75 bits per heavy atom. The minimum Gasteiger partial charge on any atom is -0.392 e. The van der Waals surface area contributed by atoms with Gasteiger partial charge in [0, 0.05) is 5.38 Å². The average molecular weight is 279 g/mol. The SMILES string of the molecule is Cc1nc(CNS(=O)(=O)C(C)C(N)=S)cs1. The van der Waals surface area contributed by atoms with Crippen LogP contribution in [0.3, 0.4) is 0 Å². The number of sulfonamides is 1. The number of aryl methyl sites for hydroxylation is 1. The Labute approximate surface area is 104 Å². The number of nitrogens with one attached hydrogen (secondary N) is 1. The van der Waals surface area contributed by atoms with Crippen molar-refractivity contribution in [2.75, 3.05) is 0 Å². The van der Waals surface area contributed by atoms with Crippen molar-refractivity contribution in [3.63, 3.8) is 0 Å². The molecule has 0 aliphatic rings. The maximum atomic E-state index is 11.6. The third-order valence-electron chi connectivity index (χ3n) is 1.99. The van der Waals surface area contributed by atoms with Gasteiger partial charge < -0.3 is 5.73 Å². The molecule has 0 saturated carbocycles. The molecule has 0 saturated heterocycles. The predicted octanol–water partition coefficient (Wildman–Crippen LogP) is 0.546. The maximum Gasteiger partial charge on any atom is 0.221 e. The van der Waals surface area contributed by atoms with Gasteiger partial charge in [0.1, 0.15) is 5.25 Å². The second kappa shape index (κ2) is 5.17. The summed E-state index contributed by atoms with van der Waals surface area (Å²) < 4.78 is 25.7. The molecule has 0 bridgehead atoms. The maximum absolute atomic E-state index is 11.6. The van der Waals surface area contributed by atoms with Crippen molar-refractivity contribution in [2.45, 2.75) is 25.6 Å². The average Bonchev–Trinajstić information content (AvgIpc) is 2.60. The molecule has 1 aromatic rings. The van der Waals surface area contributed by atoms with Crippen LogP contribution in [0.5, 0.6) is 0 Å². The summed E-state index contributed by atoms with van der Waals surface area (Å²) in [6.07, 6.45) is 0. The van der Waals surface area contributed by atoms with E-state index in [4.69, 9.17) is 5.73 Å². The molecule has 1 heterocycles. The zero-order valence-corrected chi connectivity index (χ0v) is 11.4.